The normalized spacial score (nSPS) is 20.7. The van der Waals surface area contributed by atoms with Crippen LogP contribution in [0.25, 0.3) is 0 Å². The number of rotatable bonds is 5. The Bertz CT molecular complexity index is 211. The smallest absolute Gasteiger partial charge is 0.236 e. The van der Waals surface area contributed by atoms with E-state index in [9.17, 15) is 4.79 Å². The summed E-state index contributed by atoms with van der Waals surface area (Å²) in [5.41, 5.74) is 5.59. The molecule has 2 N–H and O–H groups in total. The van der Waals surface area contributed by atoms with E-state index >= 15 is 0 Å². The quantitative estimate of drug-likeness (QED) is 0.647. The minimum absolute atomic E-state index is 0.0474. The van der Waals surface area contributed by atoms with E-state index in [0.717, 1.165) is 19.6 Å². The molecule has 88 valence electrons. The highest BCUT2D eigenvalue weighted by atomic mass is 16.5. The monoisotopic (exact) mass is 215 g/mol. The van der Waals surface area contributed by atoms with Crippen molar-refractivity contribution in [1.82, 2.24) is 9.80 Å². The van der Waals surface area contributed by atoms with Gasteiger partial charge in [0.2, 0.25) is 5.91 Å². The fourth-order valence-electron chi connectivity index (χ4n) is 1.68. The van der Waals surface area contributed by atoms with Gasteiger partial charge in [0.05, 0.1) is 12.6 Å². The maximum Gasteiger partial charge on any atom is 0.236 e. The molecule has 0 aromatic heterocycles. The highest BCUT2D eigenvalue weighted by Crippen LogP contribution is 2.03. The van der Waals surface area contributed by atoms with Gasteiger partial charge in [0.1, 0.15) is 0 Å². The van der Waals surface area contributed by atoms with Crippen LogP contribution in [0.2, 0.25) is 0 Å². The number of amides is 1. The molecule has 0 aromatic carbocycles. The third kappa shape index (κ3) is 3.77. The number of nitrogens with two attached hydrogens (primary N) is 1. The van der Waals surface area contributed by atoms with Gasteiger partial charge >= 0.3 is 0 Å². The Morgan fingerprint density at radius 3 is 2.80 bits per heavy atom. The summed E-state index contributed by atoms with van der Waals surface area (Å²) in [5, 5.41) is 0. The fourth-order valence-corrected chi connectivity index (χ4v) is 1.68. The third-order valence-corrected chi connectivity index (χ3v) is 2.66. The molecule has 5 nitrogen and oxygen atoms in total. The summed E-state index contributed by atoms with van der Waals surface area (Å²) in [7, 11) is 1.84. The van der Waals surface area contributed by atoms with Gasteiger partial charge < -0.3 is 15.4 Å². The molecule has 0 saturated carbocycles. The first-order valence-electron chi connectivity index (χ1n) is 5.45. The van der Waals surface area contributed by atoms with Crippen molar-refractivity contribution in [2.75, 3.05) is 46.4 Å². The first kappa shape index (κ1) is 12.4. The lowest BCUT2D eigenvalue weighted by Crippen LogP contribution is -2.51. The van der Waals surface area contributed by atoms with Crippen molar-refractivity contribution < 1.29 is 9.53 Å². The minimum atomic E-state index is 0.0474. The molecule has 1 amide bonds. The van der Waals surface area contributed by atoms with Gasteiger partial charge in [0.25, 0.3) is 0 Å². The van der Waals surface area contributed by atoms with Gasteiger partial charge in [-0.05, 0) is 6.92 Å². The number of ether oxygens (including phenoxy) is 1. The van der Waals surface area contributed by atoms with Crippen LogP contribution >= 0.6 is 0 Å². The maximum absolute atomic E-state index is 11.4. The molecule has 1 aliphatic rings. The second-order valence-electron chi connectivity index (χ2n) is 3.86. The van der Waals surface area contributed by atoms with Crippen LogP contribution in [0.15, 0.2) is 0 Å². The third-order valence-electron chi connectivity index (χ3n) is 2.66. The molecule has 0 aliphatic carbocycles. The van der Waals surface area contributed by atoms with Gasteiger partial charge in [-0.3, -0.25) is 9.69 Å². The average Bonchev–Trinajstić information content (AvgIpc) is 2.23. The highest BCUT2D eigenvalue weighted by Gasteiger charge is 2.22. The Labute approximate surface area is 91.2 Å². The van der Waals surface area contributed by atoms with Crippen LogP contribution in [0.1, 0.15) is 6.92 Å². The van der Waals surface area contributed by atoms with Crippen molar-refractivity contribution >= 4 is 5.91 Å². The fraction of sp³-hybridized carbons (Fsp3) is 0.900. The molecule has 5 heteroatoms. The molecule has 1 rings (SSSR count). The van der Waals surface area contributed by atoms with Gasteiger partial charge in [0.15, 0.2) is 0 Å². The molecule has 0 radical (unpaired) electrons. The summed E-state index contributed by atoms with van der Waals surface area (Å²) < 4.78 is 5.46. The lowest BCUT2D eigenvalue weighted by molar-refractivity contribution is -0.135. The van der Waals surface area contributed by atoms with Crippen LogP contribution in [0.5, 0.6) is 0 Å². The van der Waals surface area contributed by atoms with Crippen LogP contribution in [0, 0.1) is 0 Å². The Hall–Kier alpha value is -0.650. The van der Waals surface area contributed by atoms with Crippen molar-refractivity contribution in [2.24, 2.45) is 5.73 Å². The average molecular weight is 215 g/mol. The Morgan fingerprint density at radius 1 is 1.53 bits per heavy atom. The summed E-state index contributed by atoms with van der Waals surface area (Å²) in [4.78, 5) is 15.3. The SMILES string of the molecule is CCOC(CN)CN1CCN(C)C(=O)C1. The zero-order chi connectivity index (χ0) is 11.3. The topological polar surface area (TPSA) is 58.8 Å². The van der Waals surface area contributed by atoms with Crippen LogP contribution in [0.4, 0.5) is 0 Å². The number of carbonyl (C=O) groups excluding carboxylic acids is 1. The van der Waals surface area contributed by atoms with E-state index in [2.05, 4.69) is 4.90 Å². The molecule has 0 spiro atoms. The predicted molar refractivity (Wildman–Crippen MR) is 58.5 cm³/mol. The summed E-state index contributed by atoms with van der Waals surface area (Å²) in [6, 6.07) is 0. The molecular formula is C10H21N3O2. The molecular weight excluding hydrogens is 194 g/mol. The molecule has 0 bridgehead atoms. The number of hydrogen-bond acceptors (Lipinski definition) is 4. The minimum Gasteiger partial charge on any atom is -0.376 e. The first-order chi connectivity index (χ1) is 7.17. The number of hydrogen-bond donors (Lipinski definition) is 1. The van der Waals surface area contributed by atoms with Crippen molar-refractivity contribution in [2.45, 2.75) is 13.0 Å². The largest absolute Gasteiger partial charge is 0.376 e. The number of likely N-dealkylation sites (N-methyl/N-ethyl adjacent to an activating group) is 1. The van der Waals surface area contributed by atoms with E-state index in [1.807, 2.05) is 14.0 Å². The van der Waals surface area contributed by atoms with Gasteiger partial charge in [-0.1, -0.05) is 0 Å². The van der Waals surface area contributed by atoms with Gasteiger partial charge in [0, 0.05) is 39.8 Å². The van der Waals surface area contributed by atoms with Crippen LogP contribution < -0.4 is 5.73 Å². The number of piperazine rings is 1. The zero-order valence-electron chi connectivity index (χ0n) is 9.61. The lowest BCUT2D eigenvalue weighted by atomic mass is 10.2. The number of nitrogens with zero attached hydrogens (tertiary/aromatic N) is 2. The van der Waals surface area contributed by atoms with E-state index in [4.69, 9.17) is 10.5 Å². The Balaban J connectivity index is 2.34. The van der Waals surface area contributed by atoms with Crippen LogP contribution in [-0.2, 0) is 9.53 Å². The van der Waals surface area contributed by atoms with Crippen LogP contribution in [0.3, 0.4) is 0 Å². The molecule has 1 unspecified atom stereocenters. The van der Waals surface area contributed by atoms with E-state index in [1.165, 1.54) is 0 Å². The van der Waals surface area contributed by atoms with Gasteiger partial charge in [-0.2, -0.15) is 0 Å². The summed E-state index contributed by atoms with van der Waals surface area (Å²) in [6.45, 7) is 6.08. The Morgan fingerprint density at radius 2 is 2.27 bits per heavy atom. The standard InChI is InChI=1S/C10H21N3O2/c1-3-15-9(6-11)7-13-5-4-12(2)10(14)8-13/h9H,3-8,11H2,1-2H3. The summed E-state index contributed by atoms with van der Waals surface area (Å²) >= 11 is 0. The van der Waals surface area contributed by atoms with E-state index < -0.39 is 0 Å². The Kier molecular flexibility index (Phi) is 5.01. The van der Waals surface area contributed by atoms with Crippen LogP contribution in [-0.4, -0.2) is 68.2 Å². The first-order valence-corrected chi connectivity index (χ1v) is 5.45. The molecule has 0 aromatic rings. The molecule has 1 fully saturated rings. The lowest BCUT2D eigenvalue weighted by Gasteiger charge is -2.33. The summed E-state index contributed by atoms with van der Waals surface area (Å²) in [6.07, 6.45) is 0.0474. The van der Waals surface area contributed by atoms with Crippen molar-refractivity contribution in [3.8, 4) is 0 Å². The summed E-state index contributed by atoms with van der Waals surface area (Å²) in [5.74, 6) is 0.175. The molecule has 1 heterocycles. The van der Waals surface area contributed by atoms with Crippen molar-refractivity contribution in [3.05, 3.63) is 0 Å². The molecule has 15 heavy (non-hydrogen) atoms. The molecule has 1 saturated heterocycles. The second-order valence-corrected chi connectivity index (χ2v) is 3.86. The highest BCUT2D eigenvalue weighted by molar-refractivity contribution is 5.78. The van der Waals surface area contributed by atoms with Gasteiger partial charge in [-0.25, -0.2) is 0 Å². The van der Waals surface area contributed by atoms with Crippen molar-refractivity contribution in [3.63, 3.8) is 0 Å². The molecule has 1 atom stereocenters. The van der Waals surface area contributed by atoms with E-state index in [0.29, 0.717) is 19.7 Å². The second kappa shape index (κ2) is 6.05. The predicted octanol–water partition coefficient (Wildman–Crippen LogP) is -0.876. The van der Waals surface area contributed by atoms with E-state index in [-0.39, 0.29) is 12.0 Å². The van der Waals surface area contributed by atoms with E-state index in [1.54, 1.807) is 4.90 Å². The molecule has 1 aliphatic heterocycles. The number of carbonyl (C=O) groups is 1. The van der Waals surface area contributed by atoms with Crippen molar-refractivity contribution in [1.29, 1.82) is 0 Å². The van der Waals surface area contributed by atoms with Gasteiger partial charge in [-0.15, -0.1) is 0 Å². The zero-order valence-corrected chi connectivity index (χ0v) is 9.61. The maximum atomic E-state index is 11.4.